The van der Waals surface area contributed by atoms with Crippen LogP contribution in [0.25, 0.3) is 0 Å². The molecule has 1 aliphatic heterocycles. The minimum atomic E-state index is -0.820. The number of carbonyl (C=O) groups excluding carboxylic acids is 2. The molecule has 86 valence electrons. The second kappa shape index (κ2) is 5.70. The Morgan fingerprint density at radius 1 is 1.47 bits per heavy atom. The standard InChI is InChI=1S/C10H17NO4/c1-15-10(14)9(13)11-6-3-2-4-8(11)5-7-12/h8,12H,2-7H2,1H3. The van der Waals surface area contributed by atoms with Crippen LogP contribution in [0.3, 0.4) is 0 Å². The van der Waals surface area contributed by atoms with E-state index >= 15 is 0 Å². The van der Waals surface area contributed by atoms with Gasteiger partial charge in [-0.05, 0) is 25.7 Å². The van der Waals surface area contributed by atoms with Crippen LogP contribution in [0.15, 0.2) is 0 Å². The number of aliphatic hydroxyl groups excluding tert-OH is 1. The number of amides is 1. The fourth-order valence-corrected chi connectivity index (χ4v) is 1.92. The van der Waals surface area contributed by atoms with Crippen LogP contribution in [0.4, 0.5) is 0 Å². The number of hydrogen-bond acceptors (Lipinski definition) is 4. The minimum Gasteiger partial charge on any atom is -0.462 e. The summed E-state index contributed by atoms with van der Waals surface area (Å²) in [6, 6.07) is -0.0182. The number of nitrogens with zero attached hydrogens (tertiary/aromatic N) is 1. The molecule has 0 spiro atoms. The van der Waals surface area contributed by atoms with Crippen molar-refractivity contribution >= 4 is 11.9 Å². The van der Waals surface area contributed by atoms with Gasteiger partial charge in [0.25, 0.3) is 0 Å². The summed E-state index contributed by atoms with van der Waals surface area (Å²) < 4.78 is 4.40. The lowest BCUT2D eigenvalue weighted by Crippen LogP contribution is -2.47. The highest BCUT2D eigenvalue weighted by molar-refractivity contribution is 6.32. The average Bonchev–Trinajstić information content (AvgIpc) is 2.28. The van der Waals surface area contributed by atoms with E-state index in [9.17, 15) is 9.59 Å². The second-order valence-corrected chi connectivity index (χ2v) is 3.65. The predicted molar refractivity (Wildman–Crippen MR) is 53.1 cm³/mol. The van der Waals surface area contributed by atoms with E-state index in [1.165, 1.54) is 12.0 Å². The molecule has 0 radical (unpaired) electrons. The van der Waals surface area contributed by atoms with Crippen LogP contribution < -0.4 is 0 Å². The summed E-state index contributed by atoms with van der Waals surface area (Å²) in [7, 11) is 1.20. The van der Waals surface area contributed by atoms with E-state index in [1.54, 1.807) is 0 Å². The van der Waals surface area contributed by atoms with Gasteiger partial charge >= 0.3 is 11.9 Å². The molecule has 1 N–H and O–H groups in total. The molecule has 0 aromatic carbocycles. The van der Waals surface area contributed by atoms with Gasteiger partial charge in [-0.3, -0.25) is 4.79 Å². The number of hydrogen-bond donors (Lipinski definition) is 1. The SMILES string of the molecule is COC(=O)C(=O)N1CCCCC1CCO. The molecular formula is C10H17NO4. The van der Waals surface area contributed by atoms with Crippen LogP contribution in [0.2, 0.25) is 0 Å². The maximum Gasteiger partial charge on any atom is 0.396 e. The van der Waals surface area contributed by atoms with Crippen molar-refractivity contribution in [2.75, 3.05) is 20.3 Å². The van der Waals surface area contributed by atoms with Crippen LogP contribution in [0.5, 0.6) is 0 Å². The number of piperidine rings is 1. The molecule has 0 aromatic heterocycles. The quantitative estimate of drug-likeness (QED) is 0.517. The third-order valence-electron chi connectivity index (χ3n) is 2.71. The number of aliphatic hydroxyl groups is 1. The molecule has 1 rings (SSSR count). The van der Waals surface area contributed by atoms with Crippen molar-refractivity contribution in [3.8, 4) is 0 Å². The van der Waals surface area contributed by atoms with Crippen molar-refractivity contribution in [2.24, 2.45) is 0 Å². The first-order valence-corrected chi connectivity index (χ1v) is 5.20. The van der Waals surface area contributed by atoms with Gasteiger partial charge in [0.05, 0.1) is 7.11 Å². The zero-order valence-corrected chi connectivity index (χ0v) is 8.94. The van der Waals surface area contributed by atoms with Gasteiger partial charge in [0, 0.05) is 19.2 Å². The van der Waals surface area contributed by atoms with Gasteiger partial charge < -0.3 is 14.7 Å². The van der Waals surface area contributed by atoms with Gasteiger partial charge in [-0.1, -0.05) is 0 Å². The summed E-state index contributed by atoms with van der Waals surface area (Å²) in [5, 5.41) is 8.86. The monoisotopic (exact) mass is 215 g/mol. The van der Waals surface area contributed by atoms with E-state index in [1.807, 2.05) is 0 Å². The Kier molecular flexibility index (Phi) is 4.55. The van der Waals surface area contributed by atoms with Gasteiger partial charge in [0.1, 0.15) is 0 Å². The molecular weight excluding hydrogens is 198 g/mol. The Labute approximate surface area is 89.0 Å². The Balaban J connectivity index is 2.62. The average molecular weight is 215 g/mol. The van der Waals surface area contributed by atoms with Gasteiger partial charge in [-0.15, -0.1) is 0 Å². The molecule has 15 heavy (non-hydrogen) atoms. The molecule has 0 aliphatic carbocycles. The number of likely N-dealkylation sites (tertiary alicyclic amines) is 1. The highest BCUT2D eigenvalue weighted by Gasteiger charge is 2.30. The molecule has 0 saturated carbocycles. The van der Waals surface area contributed by atoms with Gasteiger partial charge in [0.15, 0.2) is 0 Å². The van der Waals surface area contributed by atoms with E-state index < -0.39 is 11.9 Å². The number of rotatable bonds is 2. The van der Waals surface area contributed by atoms with Crippen molar-refractivity contribution < 1.29 is 19.4 Å². The van der Waals surface area contributed by atoms with E-state index in [4.69, 9.17) is 5.11 Å². The lowest BCUT2D eigenvalue weighted by atomic mass is 9.99. The van der Waals surface area contributed by atoms with Crippen LogP contribution in [0.1, 0.15) is 25.7 Å². The normalized spacial score (nSPS) is 21.2. The minimum absolute atomic E-state index is 0.0182. The molecule has 0 bridgehead atoms. The molecule has 5 heteroatoms. The van der Waals surface area contributed by atoms with Crippen LogP contribution in [-0.2, 0) is 14.3 Å². The van der Waals surface area contributed by atoms with Gasteiger partial charge in [-0.2, -0.15) is 0 Å². The Morgan fingerprint density at radius 3 is 2.80 bits per heavy atom. The molecule has 1 fully saturated rings. The fraction of sp³-hybridized carbons (Fsp3) is 0.800. The summed E-state index contributed by atoms with van der Waals surface area (Å²) in [5.74, 6) is -1.41. The summed E-state index contributed by atoms with van der Waals surface area (Å²) in [5.41, 5.74) is 0. The lowest BCUT2D eigenvalue weighted by molar-refractivity contribution is -0.160. The predicted octanol–water partition coefficient (Wildman–Crippen LogP) is -0.0771. The van der Waals surface area contributed by atoms with E-state index in [0.29, 0.717) is 13.0 Å². The highest BCUT2D eigenvalue weighted by Crippen LogP contribution is 2.19. The number of ether oxygens (including phenoxy) is 1. The summed E-state index contributed by atoms with van der Waals surface area (Å²) in [6.45, 7) is 0.619. The maximum absolute atomic E-state index is 11.6. The highest BCUT2D eigenvalue weighted by atomic mass is 16.5. The summed E-state index contributed by atoms with van der Waals surface area (Å²) in [6.07, 6.45) is 3.33. The van der Waals surface area contributed by atoms with E-state index in [2.05, 4.69) is 4.74 Å². The zero-order valence-electron chi connectivity index (χ0n) is 8.94. The van der Waals surface area contributed by atoms with Crippen molar-refractivity contribution in [3.05, 3.63) is 0 Å². The lowest BCUT2D eigenvalue weighted by Gasteiger charge is -2.34. The van der Waals surface area contributed by atoms with Gasteiger partial charge in [0.2, 0.25) is 0 Å². The first-order valence-electron chi connectivity index (χ1n) is 5.20. The number of methoxy groups -OCH3 is 1. The van der Waals surface area contributed by atoms with Crippen molar-refractivity contribution in [1.82, 2.24) is 4.90 Å². The second-order valence-electron chi connectivity index (χ2n) is 3.65. The summed E-state index contributed by atoms with van der Waals surface area (Å²) >= 11 is 0. The largest absolute Gasteiger partial charge is 0.462 e. The van der Waals surface area contributed by atoms with Crippen LogP contribution in [0, 0.1) is 0 Å². The van der Waals surface area contributed by atoms with Crippen LogP contribution in [-0.4, -0.2) is 48.2 Å². The smallest absolute Gasteiger partial charge is 0.396 e. The Hall–Kier alpha value is -1.10. The molecule has 1 amide bonds. The molecule has 1 aliphatic rings. The Morgan fingerprint density at radius 2 is 2.20 bits per heavy atom. The van der Waals surface area contributed by atoms with Crippen LogP contribution >= 0.6 is 0 Å². The molecule has 0 aromatic rings. The molecule has 1 heterocycles. The maximum atomic E-state index is 11.6. The van der Waals surface area contributed by atoms with Gasteiger partial charge in [-0.25, -0.2) is 4.79 Å². The summed E-state index contributed by atoms with van der Waals surface area (Å²) in [4.78, 5) is 24.2. The third-order valence-corrected chi connectivity index (χ3v) is 2.71. The number of carbonyl (C=O) groups is 2. The van der Waals surface area contributed by atoms with Crippen molar-refractivity contribution in [1.29, 1.82) is 0 Å². The van der Waals surface area contributed by atoms with E-state index in [0.717, 1.165) is 19.3 Å². The number of esters is 1. The zero-order chi connectivity index (χ0) is 11.3. The molecule has 1 unspecified atom stereocenters. The van der Waals surface area contributed by atoms with Crippen molar-refractivity contribution in [2.45, 2.75) is 31.7 Å². The Bertz CT molecular complexity index is 240. The molecule has 1 saturated heterocycles. The third kappa shape index (κ3) is 2.92. The molecule has 5 nitrogen and oxygen atoms in total. The first kappa shape index (κ1) is 12.0. The molecule has 1 atom stereocenters. The topological polar surface area (TPSA) is 66.8 Å². The fourth-order valence-electron chi connectivity index (χ4n) is 1.92. The first-order chi connectivity index (χ1) is 7.20. The van der Waals surface area contributed by atoms with Crippen molar-refractivity contribution in [3.63, 3.8) is 0 Å². The van der Waals surface area contributed by atoms with E-state index in [-0.39, 0.29) is 12.6 Å².